The Kier molecular flexibility index (Phi) is 12.2. The second-order valence-electron chi connectivity index (χ2n) is 9.48. The van der Waals surface area contributed by atoms with Gasteiger partial charge in [-0.1, -0.05) is 6.42 Å². The number of rotatable bonds is 19. The summed E-state index contributed by atoms with van der Waals surface area (Å²) in [5.74, 6) is -0.122. The lowest BCUT2D eigenvalue weighted by atomic mass is 10.0. The topological polar surface area (TPSA) is 148 Å². The first kappa shape index (κ1) is 29.8. The minimum Gasteiger partial charge on any atom is -0.507 e. The minimum absolute atomic E-state index is 0.0122. The quantitative estimate of drug-likeness (QED) is 0.0780. The second-order valence-corrected chi connectivity index (χ2v) is 10.7. The number of benzene rings is 1. The zero-order valence-electron chi connectivity index (χ0n) is 21.4. The molecule has 10 nitrogen and oxygen atoms in total. The molecule has 3 unspecified atom stereocenters. The predicted molar refractivity (Wildman–Crippen MR) is 142 cm³/mol. The number of urea groups is 1. The number of phenolic OH excluding ortho intramolecular Hbond substituents is 1. The number of aromatic hydroxyl groups is 1. The van der Waals surface area contributed by atoms with Crippen LogP contribution in [0.25, 0.3) is 0 Å². The maximum Gasteiger partial charge on any atom is 0.315 e. The molecule has 3 rings (SSSR count). The number of thioether (sulfide) groups is 1. The van der Waals surface area contributed by atoms with Crippen LogP contribution in [-0.4, -0.2) is 84.3 Å². The second kappa shape index (κ2) is 15.6. The molecule has 2 amide bonds. The largest absolute Gasteiger partial charge is 0.507 e. The Labute approximate surface area is 226 Å². The highest BCUT2D eigenvalue weighted by Crippen LogP contribution is 2.33. The first-order valence-electron chi connectivity index (χ1n) is 13.1. The fourth-order valence-corrected chi connectivity index (χ4v) is 6.12. The summed E-state index contributed by atoms with van der Waals surface area (Å²) in [7, 11) is 0. The van der Waals surface area contributed by atoms with Crippen LogP contribution < -0.4 is 10.6 Å². The van der Waals surface area contributed by atoms with Gasteiger partial charge in [-0.05, 0) is 43.9 Å². The lowest BCUT2D eigenvalue weighted by molar-refractivity contribution is -0.119. The van der Waals surface area contributed by atoms with Gasteiger partial charge in [-0.3, -0.25) is 19.2 Å². The molecular weight excluding hydrogens is 512 g/mol. The Balaban J connectivity index is 1.13. The van der Waals surface area contributed by atoms with Crippen LogP contribution in [0.1, 0.15) is 72.1 Å². The van der Waals surface area contributed by atoms with Crippen LogP contribution in [0, 0.1) is 0 Å². The summed E-state index contributed by atoms with van der Waals surface area (Å²) in [6.07, 6.45) is 5.33. The Hall–Kier alpha value is -2.76. The van der Waals surface area contributed by atoms with Crippen molar-refractivity contribution in [2.75, 3.05) is 32.2 Å². The predicted octanol–water partition coefficient (Wildman–Crippen LogP) is 2.85. The average molecular weight is 549 g/mol. The Bertz CT molecular complexity index is 1000. The monoisotopic (exact) mass is 548 g/mol. The number of aldehydes is 1. The number of Topliss-reactive ketones (excluding diaryl/α,β-unsaturated/α-hetero) is 3. The Morgan fingerprint density at radius 3 is 2.42 bits per heavy atom. The van der Waals surface area contributed by atoms with Gasteiger partial charge in [-0.25, -0.2) is 4.79 Å². The van der Waals surface area contributed by atoms with Crippen molar-refractivity contribution in [2.24, 2.45) is 0 Å². The summed E-state index contributed by atoms with van der Waals surface area (Å²) < 4.78 is 11.0. The molecule has 2 aliphatic heterocycles. The first-order chi connectivity index (χ1) is 18.4. The summed E-state index contributed by atoms with van der Waals surface area (Å²) >= 11 is 1.89. The van der Waals surface area contributed by atoms with Crippen LogP contribution in [0.3, 0.4) is 0 Å². The molecule has 38 heavy (non-hydrogen) atoms. The van der Waals surface area contributed by atoms with E-state index in [4.69, 9.17) is 9.47 Å². The Morgan fingerprint density at radius 1 is 0.974 bits per heavy atom. The molecule has 0 spiro atoms. The summed E-state index contributed by atoms with van der Waals surface area (Å²) in [5, 5.41) is 16.2. The summed E-state index contributed by atoms with van der Waals surface area (Å²) in [6.45, 7) is 1.58. The number of fused-ring (bicyclic) bond motifs is 1. The van der Waals surface area contributed by atoms with Crippen LogP contribution in [0.5, 0.6) is 5.75 Å². The van der Waals surface area contributed by atoms with E-state index in [-0.39, 0.29) is 59.3 Å². The molecular formula is C27H36N2O8S. The number of phenols is 1. The molecule has 2 heterocycles. The molecule has 1 aromatic carbocycles. The van der Waals surface area contributed by atoms with E-state index in [0.717, 1.165) is 25.0 Å². The van der Waals surface area contributed by atoms with Gasteiger partial charge in [-0.2, -0.15) is 11.8 Å². The van der Waals surface area contributed by atoms with Gasteiger partial charge in [0.2, 0.25) is 5.78 Å². The molecule has 0 aliphatic carbocycles. The van der Waals surface area contributed by atoms with Gasteiger partial charge in [0.05, 0.1) is 30.9 Å². The van der Waals surface area contributed by atoms with Gasteiger partial charge in [-0.15, -0.1) is 0 Å². The van der Waals surface area contributed by atoms with Crippen LogP contribution in [0.4, 0.5) is 4.79 Å². The standard InChI is InChI=1S/C27H36N2O8S/c30-16-24(34)18-9-10-23(33)20(15-18)22(32)7-4-12-37-14-13-36-11-3-6-19(31)5-1-2-8-25-26-21(17-38-25)28-27(35)29-26/h9-10,15-16,21,25-26,33H,1-8,11-14,17H2,(H2,28,29,35). The van der Waals surface area contributed by atoms with Crippen LogP contribution >= 0.6 is 11.8 Å². The molecule has 3 N–H and O–H groups in total. The normalized spacial score (nSPS) is 20.0. The number of carbonyl (C=O) groups excluding carboxylic acids is 5. The number of nitrogens with one attached hydrogen (secondary N) is 2. The van der Waals surface area contributed by atoms with E-state index in [0.29, 0.717) is 57.4 Å². The third kappa shape index (κ3) is 9.21. The number of ketones is 3. The van der Waals surface area contributed by atoms with Gasteiger partial charge in [0.25, 0.3) is 0 Å². The lowest BCUT2D eigenvalue weighted by Crippen LogP contribution is -2.36. The van der Waals surface area contributed by atoms with E-state index in [1.165, 1.54) is 18.2 Å². The molecule has 2 aliphatic rings. The van der Waals surface area contributed by atoms with Crippen molar-refractivity contribution in [3.63, 3.8) is 0 Å². The molecule has 0 saturated carbocycles. The number of hydrogen-bond acceptors (Lipinski definition) is 9. The highest BCUT2D eigenvalue weighted by atomic mass is 32.2. The number of amides is 2. The van der Waals surface area contributed by atoms with E-state index in [1.807, 2.05) is 11.8 Å². The summed E-state index contributed by atoms with van der Waals surface area (Å²) in [6, 6.07) is 4.14. The minimum atomic E-state index is -0.751. The molecule has 0 radical (unpaired) electrons. The van der Waals surface area contributed by atoms with Crippen molar-refractivity contribution in [3.05, 3.63) is 29.3 Å². The molecule has 3 atom stereocenters. The van der Waals surface area contributed by atoms with Crippen LogP contribution in [0.2, 0.25) is 0 Å². The van der Waals surface area contributed by atoms with Crippen LogP contribution in [0.15, 0.2) is 18.2 Å². The van der Waals surface area contributed by atoms with Crippen molar-refractivity contribution in [1.29, 1.82) is 0 Å². The number of carbonyl (C=O) groups is 5. The smallest absolute Gasteiger partial charge is 0.315 e. The van der Waals surface area contributed by atoms with E-state index in [2.05, 4.69) is 10.6 Å². The molecule has 2 fully saturated rings. The number of unbranched alkanes of at least 4 members (excludes halogenated alkanes) is 1. The highest BCUT2D eigenvalue weighted by molar-refractivity contribution is 8.00. The zero-order valence-corrected chi connectivity index (χ0v) is 22.3. The molecule has 11 heteroatoms. The zero-order chi connectivity index (χ0) is 27.3. The SMILES string of the molecule is O=CC(=O)c1ccc(O)c(C(=O)CCCOCCOCCCC(=O)CCCCC2SCC3NC(=O)NC32)c1. The van der Waals surface area contributed by atoms with E-state index >= 15 is 0 Å². The summed E-state index contributed by atoms with van der Waals surface area (Å²) in [4.78, 5) is 57.9. The van der Waals surface area contributed by atoms with Crippen LogP contribution in [-0.2, 0) is 19.1 Å². The Morgan fingerprint density at radius 2 is 1.68 bits per heavy atom. The van der Waals surface area contributed by atoms with E-state index in [1.54, 1.807) is 0 Å². The fourth-order valence-electron chi connectivity index (χ4n) is 4.58. The molecule has 0 aromatic heterocycles. The lowest BCUT2D eigenvalue weighted by Gasteiger charge is -2.16. The molecule has 1 aromatic rings. The van der Waals surface area contributed by atoms with Crippen molar-refractivity contribution < 1.29 is 38.6 Å². The maximum atomic E-state index is 12.3. The van der Waals surface area contributed by atoms with Gasteiger partial charge in [0.1, 0.15) is 11.5 Å². The van der Waals surface area contributed by atoms with E-state index < -0.39 is 5.78 Å². The number of ether oxygens (including phenoxy) is 2. The highest BCUT2D eigenvalue weighted by Gasteiger charge is 2.42. The number of hydrogen-bond donors (Lipinski definition) is 3. The van der Waals surface area contributed by atoms with Crippen molar-refractivity contribution in [2.45, 2.75) is 68.7 Å². The summed E-state index contributed by atoms with van der Waals surface area (Å²) in [5.41, 5.74) is 0.0742. The third-order valence-corrected chi connectivity index (χ3v) is 8.14. The average Bonchev–Trinajstić information content (AvgIpc) is 3.46. The van der Waals surface area contributed by atoms with E-state index in [9.17, 15) is 29.1 Å². The third-order valence-electron chi connectivity index (χ3n) is 6.63. The molecule has 2 saturated heterocycles. The van der Waals surface area contributed by atoms with Crippen molar-refractivity contribution >= 4 is 41.4 Å². The first-order valence-corrected chi connectivity index (χ1v) is 14.2. The van der Waals surface area contributed by atoms with Gasteiger partial charge in [0, 0.05) is 49.0 Å². The van der Waals surface area contributed by atoms with Gasteiger partial charge >= 0.3 is 6.03 Å². The maximum absolute atomic E-state index is 12.3. The van der Waals surface area contributed by atoms with Gasteiger partial charge in [0.15, 0.2) is 12.1 Å². The fraction of sp³-hybridized carbons (Fsp3) is 0.593. The van der Waals surface area contributed by atoms with Crippen molar-refractivity contribution in [3.8, 4) is 5.75 Å². The molecule has 0 bridgehead atoms. The van der Waals surface area contributed by atoms with Crippen molar-refractivity contribution in [1.82, 2.24) is 10.6 Å². The van der Waals surface area contributed by atoms with Gasteiger partial charge < -0.3 is 25.2 Å². The molecule has 208 valence electrons.